The van der Waals surface area contributed by atoms with Crippen molar-refractivity contribution in [2.24, 2.45) is 5.92 Å². The predicted molar refractivity (Wildman–Crippen MR) is 142 cm³/mol. The molecule has 0 heterocycles. The van der Waals surface area contributed by atoms with Gasteiger partial charge in [-0.2, -0.15) is 0 Å². The molecule has 0 fully saturated rings. The van der Waals surface area contributed by atoms with Crippen molar-refractivity contribution in [3.63, 3.8) is 0 Å². The van der Waals surface area contributed by atoms with Crippen LogP contribution >= 0.6 is 0 Å². The molecule has 0 bridgehead atoms. The van der Waals surface area contributed by atoms with E-state index in [-0.39, 0.29) is 18.2 Å². The molecule has 0 radical (unpaired) electrons. The Hall–Kier alpha value is -3.80. The van der Waals surface area contributed by atoms with Crippen molar-refractivity contribution in [3.05, 3.63) is 95.6 Å². The number of hydrogen-bond donors (Lipinski definition) is 1. The average Bonchev–Trinajstić information content (AvgIpc) is 2.90. The third kappa shape index (κ3) is 7.60. The van der Waals surface area contributed by atoms with Gasteiger partial charge >= 0.3 is 0 Å². The monoisotopic (exact) mass is 488 g/mol. The molecular formula is C30H36N2O4. The zero-order chi connectivity index (χ0) is 25.9. The van der Waals surface area contributed by atoms with Crippen molar-refractivity contribution >= 4 is 11.8 Å². The lowest BCUT2D eigenvalue weighted by molar-refractivity contribution is -0.140. The van der Waals surface area contributed by atoms with Crippen molar-refractivity contribution < 1.29 is 19.1 Å². The average molecular weight is 489 g/mol. The van der Waals surface area contributed by atoms with E-state index in [1.807, 2.05) is 72.8 Å². The molecule has 3 rings (SSSR count). The van der Waals surface area contributed by atoms with Gasteiger partial charge in [-0.05, 0) is 34.7 Å². The lowest BCUT2D eigenvalue weighted by Crippen LogP contribution is -2.51. The first kappa shape index (κ1) is 26.8. The van der Waals surface area contributed by atoms with Crippen LogP contribution in [0.3, 0.4) is 0 Å². The van der Waals surface area contributed by atoms with Crippen LogP contribution in [0.25, 0.3) is 0 Å². The van der Waals surface area contributed by atoms with Crippen molar-refractivity contribution in [2.45, 2.75) is 39.3 Å². The first-order valence-corrected chi connectivity index (χ1v) is 12.3. The van der Waals surface area contributed by atoms with Crippen LogP contribution in [-0.2, 0) is 29.0 Å². The second-order valence-corrected chi connectivity index (χ2v) is 9.22. The summed E-state index contributed by atoms with van der Waals surface area (Å²) in [4.78, 5) is 29.0. The van der Waals surface area contributed by atoms with E-state index >= 15 is 0 Å². The van der Waals surface area contributed by atoms with E-state index in [0.717, 1.165) is 16.7 Å². The Bertz CT molecular complexity index is 1120. The second kappa shape index (κ2) is 13.3. The Morgan fingerprint density at radius 1 is 0.806 bits per heavy atom. The van der Waals surface area contributed by atoms with Crippen LogP contribution in [0.1, 0.15) is 30.5 Å². The number of nitrogens with zero attached hydrogens (tertiary/aromatic N) is 1. The first-order chi connectivity index (χ1) is 17.4. The number of ether oxygens (including phenoxy) is 2. The molecule has 1 atom stereocenters. The number of amides is 2. The Labute approximate surface area is 214 Å². The number of rotatable bonds is 12. The van der Waals surface area contributed by atoms with Crippen LogP contribution in [0.4, 0.5) is 0 Å². The molecule has 0 saturated carbocycles. The van der Waals surface area contributed by atoms with Gasteiger partial charge in [0.15, 0.2) is 11.5 Å². The molecule has 0 aliphatic carbocycles. The summed E-state index contributed by atoms with van der Waals surface area (Å²) in [6, 6.07) is 24.4. The summed E-state index contributed by atoms with van der Waals surface area (Å²) in [6.45, 7) is 4.99. The van der Waals surface area contributed by atoms with E-state index in [1.165, 1.54) is 0 Å². The molecule has 1 unspecified atom stereocenters. The van der Waals surface area contributed by atoms with Gasteiger partial charge < -0.3 is 19.7 Å². The zero-order valence-corrected chi connectivity index (χ0v) is 21.6. The molecular weight excluding hydrogens is 452 g/mol. The van der Waals surface area contributed by atoms with E-state index in [9.17, 15) is 9.59 Å². The summed E-state index contributed by atoms with van der Waals surface area (Å²) < 4.78 is 10.8. The highest BCUT2D eigenvalue weighted by atomic mass is 16.5. The third-order valence-corrected chi connectivity index (χ3v) is 5.95. The van der Waals surface area contributed by atoms with Gasteiger partial charge in [-0.3, -0.25) is 9.59 Å². The van der Waals surface area contributed by atoms with Gasteiger partial charge in [0.05, 0.1) is 20.6 Å². The highest BCUT2D eigenvalue weighted by Gasteiger charge is 2.30. The standard InChI is InChI=1S/C30H36N2O4/c1-22(2)20-31-30(34)26(17-23-11-7-5-8-12-23)32(21-24-13-9-6-10-14-24)29(33)19-25-15-16-27(35-3)28(18-25)36-4/h5-16,18,22,26H,17,19-21H2,1-4H3,(H,31,34). The van der Waals surface area contributed by atoms with Crippen molar-refractivity contribution in [1.29, 1.82) is 0 Å². The number of carbonyl (C=O) groups is 2. The van der Waals surface area contributed by atoms with Gasteiger partial charge in [-0.25, -0.2) is 0 Å². The van der Waals surface area contributed by atoms with Gasteiger partial charge in [0.25, 0.3) is 0 Å². The molecule has 1 N–H and O–H groups in total. The van der Waals surface area contributed by atoms with Gasteiger partial charge in [-0.1, -0.05) is 80.6 Å². The summed E-state index contributed by atoms with van der Waals surface area (Å²) in [6.07, 6.45) is 0.561. The molecule has 0 aliphatic rings. The van der Waals surface area contributed by atoms with Gasteiger partial charge in [-0.15, -0.1) is 0 Å². The molecule has 6 heteroatoms. The normalized spacial score (nSPS) is 11.6. The molecule has 0 saturated heterocycles. The predicted octanol–water partition coefficient (Wildman–Crippen LogP) is 4.66. The minimum atomic E-state index is -0.654. The van der Waals surface area contributed by atoms with Crippen molar-refractivity contribution in [1.82, 2.24) is 10.2 Å². The van der Waals surface area contributed by atoms with E-state index in [4.69, 9.17) is 9.47 Å². The minimum Gasteiger partial charge on any atom is -0.493 e. The Kier molecular flexibility index (Phi) is 9.92. The summed E-state index contributed by atoms with van der Waals surface area (Å²) >= 11 is 0. The van der Waals surface area contributed by atoms with E-state index in [1.54, 1.807) is 25.2 Å². The van der Waals surface area contributed by atoms with E-state index < -0.39 is 6.04 Å². The molecule has 190 valence electrons. The number of methoxy groups -OCH3 is 2. The van der Waals surface area contributed by atoms with Crippen LogP contribution in [0.15, 0.2) is 78.9 Å². The van der Waals surface area contributed by atoms with Gasteiger partial charge in [0.1, 0.15) is 6.04 Å². The highest BCUT2D eigenvalue weighted by molar-refractivity contribution is 5.89. The first-order valence-electron chi connectivity index (χ1n) is 12.3. The fourth-order valence-corrected chi connectivity index (χ4v) is 4.02. The van der Waals surface area contributed by atoms with Crippen LogP contribution in [0, 0.1) is 5.92 Å². The van der Waals surface area contributed by atoms with Crippen LogP contribution in [0.5, 0.6) is 11.5 Å². The largest absolute Gasteiger partial charge is 0.493 e. The summed E-state index contributed by atoms with van der Waals surface area (Å²) in [5, 5.41) is 3.05. The lowest BCUT2D eigenvalue weighted by Gasteiger charge is -2.32. The minimum absolute atomic E-state index is 0.133. The summed E-state index contributed by atoms with van der Waals surface area (Å²) in [5.41, 5.74) is 2.75. The number of benzene rings is 3. The zero-order valence-electron chi connectivity index (χ0n) is 21.6. The molecule has 36 heavy (non-hydrogen) atoms. The maximum atomic E-state index is 13.8. The molecule has 0 spiro atoms. The van der Waals surface area contributed by atoms with Crippen LogP contribution < -0.4 is 14.8 Å². The Balaban J connectivity index is 1.95. The van der Waals surface area contributed by atoms with E-state index in [2.05, 4.69) is 19.2 Å². The number of carbonyl (C=O) groups excluding carboxylic acids is 2. The maximum absolute atomic E-state index is 13.8. The topological polar surface area (TPSA) is 67.9 Å². The number of nitrogens with one attached hydrogen (secondary N) is 1. The molecule has 6 nitrogen and oxygen atoms in total. The summed E-state index contributed by atoms with van der Waals surface area (Å²) in [7, 11) is 3.15. The molecule has 0 aliphatic heterocycles. The molecule has 0 aromatic heterocycles. The SMILES string of the molecule is COc1ccc(CC(=O)N(Cc2ccccc2)C(Cc2ccccc2)C(=O)NCC(C)C)cc1OC. The van der Waals surface area contributed by atoms with E-state index in [0.29, 0.717) is 36.9 Å². The molecule has 2 amide bonds. The van der Waals surface area contributed by atoms with Gasteiger partial charge in [0, 0.05) is 19.5 Å². The quantitative estimate of drug-likeness (QED) is 0.403. The molecule has 3 aromatic carbocycles. The van der Waals surface area contributed by atoms with Crippen LogP contribution in [0.2, 0.25) is 0 Å². The highest BCUT2D eigenvalue weighted by Crippen LogP contribution is 2.28. The Morgan fingerprint density at radius 2 is 1.42 bits per heavy atom. The Morgan fingerprint density at radius 3 is 2.00 bits per heavy atom. The maximum Gasteiger partial charge on any atom is 0.243 e. The lowest BCUT2D eigenvalue weighted by atomic mass is 10.0. The summed E-state index contributed by atoms with van der Waals surface area (Å²) in [5.74, 6) is 1.19. The third-order valence-electron chi connectivity index (χ3n) is 5.95. The van der Waals surface area contributed by atoms with Crippen molar-refractivity contribution in [3.8, 4) is 11.5 Å². The molecule has 3 aromatic rings. The van der Waals surface area contributed by atoms with Gasteiger partial charge in [0.2, 0.25) is 11.8 Å². The smallest absolute Gasteiger partial charge is 0.243 e. The fourth-order valence-electron chi connectivity index (χ4n) is 4.02. The second-order valence-electron chi connectivity index (χ2n) is 9.22. The van der Waals surface area contributed by atoms with Crippen molar-refractivity contribution in [2.75, 3.05) is 20.8 Å². The van der Waals surface area contributed by atoms with Crippen LogP contribution in [-0.4, -0.2) is 43.5 Å². The fraction of sp³-hybridized carbons (Fsp3) is 0.333. The number of hydrogen-bond acceptors (Lipinski definition) is 4.